The topological polar surface area (TPSA) is 81.1 Å². The average Bonchev–Trinajstić information content (AvgIpc) is 2.93. The van der Waals surface area contributed by atoms with Gasteiger partial charge in [0.1, 0.15) is 0 Å². The SMILES string of the molecule is Cc1nn(Cc2ccccc2)c(C)c1CNC(=O)c1ccccc1S(C)(=O)=O. The van der Waals surface area contributed by atoms with Crippen molar-refractivity contribution < 1.29 is 13.2 Å². The molecule has 1 aromatic heterocycles. The zero-order chi connectivity index (χ0) is 20.3. The van der Waals surface area contributed by atoms with Crippen molar-refractivity contribution >= 4 is 15.7 Å². The van der Waals surface area contributed by atoms with E-state index in [0.717, 1.165) is 28.8 Å². The maximum absolute atomic E-state index is 12.6. The van der Waals surface area contributed by atoms with Crippen molar-refractivity contribution in [3.05, 3.63) is 82.7 Å². The highest BCUT2D eigenvalue weighted by atomic mass is 32.2. The van der Waals surface area contributed by atoms with Gasteiger partial charge in [-0.05, 0) is 31.5 Å². The molecular formula is C21H23N3O3S. The van der Waals surface area contributed by atoms with Gasteiger partial charge in [0.25, 0.3) is 5.91 Å². The third-order valence-corrected chi connectivity index (χ3v) is 5.82. The molecule has 146 valence electrons. The summed E-state index contributed by atoms with van der Waals surface area (Å²) in [4.78, 5) is 12.6. The number of amides is 1. The van der Waals surface area contributed by atoms with Crippen molar-refractivity contribution in [2.45, 2.75) is 31.8 Å². The Balaban J connectivity index is 1.78. The Morgan fingerprint density at radius 3 is 2.36 bits per heavy atom. The average molecular weight is 398 g/mol. The van der Waals surface area contributed by atoms with E-state index in [2.05, 4.69) is 10.4 Å². The summed E-state index contributed by atoms with van der Waals surface area (Å²) in [5.41, 5.74) is 4.03. The Morgan fingerprint density at radius 1 is 1.04 bits per heavy atom. The van der Waals surface area contributed by atoms with Gasteiger partial charge in [0.15, 0.2) is 9.84 Å². The fourth-order valence-electron chi connectivity index (χ4n) is 3.14. The highest BCUT2D eigenvalue weighted by molar-refractivity contribution is 7.90. The van der Waals surface area contributed by atoms with Crippen LogP contribution in [0.25, 0.3) is 0 Å². The number of aryl methyl sites for hydroxylation is 1. The van der Waals surface area contributed by atoms with E-state index in [-0.39, 0.29) is 17.0 Å². The Kier molecular flexibility index (Phi) is 5.65. The molecule has 0 spiro atoms. The van der Waals surface area contributed by atoms with E-state index < -0.39 is 15.7 Å². The van der Waals surface area contributed by atoms with Crippen LogP contribution >= 0.6 is 0 Å². The molecule has 7 heteroatoms. The third-order valence-electron chi connectivity index (χ3n) is 4.66. The predicted octanol–water partition coefficient (Wildman–Crippen LogP) is 2.88. The van der Waals surface area contributed by atoms with Crippen LogP contribution in [0.2, 0.25) is 0 Å². The fraction of sp³-hybridized carbons (Fsp3) is 0.238. The molecule has 2 aromatic carbocycles. The second-order valence-electron chi connectivity index (χ2n) is 6.74. The molecule has 28 heavy (non-hydrogen) atoms. The van der Waals surface area contributed by atoms with Crippen LogP contribution in [0.4, 0.5) is 0 Å². The van der Waals surface area contributed by atoms with E-state index in [0.29, 0.717) is 6.54 Å². The third kappa shape index (κ3) is 4.31. The largest absolute Gasteiger partial charge is 0.348 e. The number of nitrogens with one attached hydrogen (secondary N) is 1. The van der Waals surface area contributed by atoms with Crippen LogP contribution in [0.3, 0.4) is 0 Å². The van der Waals surface area contributed by atoms with Gasteiger partial charge in [0, 0.05) is 24.1 Å². The molecule has 0 aliphatic rings. The van der Waals surface area contributed by atoms with E-state index in [4.69, 9.17) is 0 Å². The Hall–Kier alpha value is -2.93. The second-order valence-corrected chi connectivity index (χ2v) is 8.73. The Bertz CT molecular complexity index is 1100. The van der Waals surface area contributed by atoms with Crippen LogP contribution in [-0.2, 0) is 22.9 Å². The highest BCUT2D eigenvalue weighted by Gasteiger charge is 2.19. The van der Waals surface area contributed by atoms with Gasteiger partial charge in [-0.1, -0.05) is 42.5 Å². The number of benzene rings is 2. The molecule has 0 atom stereocenters. The molecule has 0 aliphatic heterocycles. The molecule has 6 nitrogen and oxygen atoms in total. The zero-order valence-corrected chi connectivity index (χ0v) is 17.0. The van der Waals surface area contributed by atoms with E-state index in [1.165, 1.54) is 12.1 Å². The molecule has 0 saturated heterocycles. The summed E-state index contributed by atoms with van der Waals surface area (Å²) in [7, 11) is -3.49. The standard InChI is InChI=1S/C21H23N3O3S/c1-15-19(16(2)24(23-15)14-17-9-5-4-6-10-17)13-22-21(25)18-11-7-8-12-20(18)28(3,26)27/h4-12H,13-14H2,1-3H3,(H,22,25). The van der Waals surface area contributed by atoms with E-state index in [1.807, 2.05) is 48.9 Å². The van der Waals surface area contributed by atoms with Gasteiger partial charge < -0.3 is 5.32 Å². The summed E-state index contributed by atoms with van der Waals surface area (Å²) in [5, 5.41) is 7.41. The number of aromatic nitrogens is 2. The van der Waals surface area contributed by atoms with Crippen molar-refractivity contribution in [3.63, 3.8) is 0 Å². The van der Waals surface area contributed by atoms with Crippen LogP contribution in [0.15, 0.2) is 59.5 Å². The molecule has 0 unspecified atom stereocenters. The van der Waals surface area contributed by atoms with Gasteiger partial charge in [0.2, 0.25) is 0 Å². The minimum Gasteiger partial charge on any atom is -0.348 e. The summed E-state index contributed by atoms with van der Waals surface area (Å²) < 4.78 is 25.8. The van der Waals surface area contributed by atoms with Gasteiger partial charge in [-0.2, -0.15) is 5.10 Å². The van der Waals surface area contributed by atoms with E-state index >= 15 is 0 Å². The number of sulfone groups is 1. The highest BCUT2D eigenvalue weighted by Crippen LogP contribution is 2.17. The minimum atomic E-state index is -3.49. The van der Waals surface area contributed by atoms with Gasteiger partial charge in [-0.3, -0.25) is 9.48 Å². The van der Waals surface area contributed by atoms with Gasteiger partial charge in [-0.25, -0.2) is 8.42 Å². The Morgan fingerprint density at radius 2 is 1.68 bits per heavy atom. The molecule has 1 amide bonds. The molecule has 0 radical (unpaired) electrons. The summed E-state index contributed by atoms with van der Waals surface area (Å²) in [6.45, 7) is 4.80. The van der Waals surface area contributed by atoms with Crippen LogP contribution in [0, 0.1) is 13.8 Å². The Labute approximate surface area is 165 Å². The summed E-state index contributed by atoms with van der Waals surface area (Å²) in [6, 6.07) is 16.2. The first-order valence-electron chi connectivity index (χ1n) is 8.91. The minimum absolute atomic E-state index is 0.0284. The lowest BCUT2D eigenvalue weighted by molar-refractivity contribution is 0.0947. The van der Waals surface area contributed by atoms with E-state index in [1.54, 1.807) is 12.1 Å². The molecule has 0 aliphatic carbocycles. The first-order chi connectivity index (χ1) is 13.3. The quantitative estimate of drug-likeness (QED) is 0.693. The summed E-state index contributed by atoms with van der Waals surface area (Å²) >= 11 is 0. The van der Waals surface area contributed by atoms with Gasteiger partial charge in [0.05, 0.1) is 22.7 Å². The van der Waals surface area contributed by atoms with Crippen molar-refractivity contribution in [2.24, 2.45) is 0 Å². The number of hydrogen-bond donors (Lipinski definition) is 1. The number of hydrogen-bond acceptors (Lipinski definition) is 4. The molecular weight excluding hydrogens is 374 g/mol. The van der Waals surface area contributed by atoms with Crippen LogP contribution in [0.1, 0.15) is 32.9 Å². The van der Waals surface area contributed by atoms with Gasteiger partial charge >= 0.3 is 0 Å². The molecule has 0 fully saturated rings. The zero-order valence-electron chi connectivity index (χ0n) is 16.1. The monoisotopic (exact) mass is 397 g/mol. The van der Waals surface area contributed by atoms with Crippen molar-refractivity contribution in [3.8, 4) is 0 Å². The normalized spacial score (nSPS) is 11.4. The van der Waals surface area contributed by atoms with Crippen molar-refractivity contribution in [1.29, 1.82) is 0 Å². The maximum Gasteiger partial charge on any atom is 0.252 e. The van der Waals surface area contributed by atoms with E-state index in [9.17, 15) is 13.2 Å². The number of carbonyl (C=O) groups is 1. The molecule has 0 saturated carbocycles. The number of nitrogens with zero attached hydrogens (tertiary/aromatic N) is 2. The first kappa shape index (κ1) is 19.8. The lowest BCUT2D eigenvalue weighted by Gasteiger charge is -2.10. The fourth-order valence-corrected chi connectivity index (χ4v) is 4.03. The second kappa shape index (κ2) is 7.98. The van der Waals surface area contributed by atoms with Crippen molar-refractivity contribution in [1.82, 2.24) is 15.1 Å². The molecule has 3 aromatic rings. The van der Waals surface area contributed by atoms with Crippen LogP contribution < -0.4 is 5.32 Å². The summed E-state index contributed by atoms with van der Waals surface area (Å²) in [6.07, 6.45) is 1.10. The smallest absolute Gasteiger partial charge is 0.252 e. The number of carbonyl (C=O) groups excluding carboxylic acids is 1. The lowest BCUT2D eigenvalue weighted by Crippen LogP contribution is -2.25. The van der Waals surface area contributed by atoms with Crippen LogP contribution in [0.5, 0.6) is 0 Å². The first-order valence-corrected chi connectivity index (χ1v) is 10.8. The lowest BCUT2D eigenvalue weighted by atomic mass is 10.1. The summed E-state index contributed by atoms with van der Waals surface area (Å²) in [5.74, 6) is -0.421. The van der Waals surface area contributed by atoms with Crippen molar-refractivity contribution in [2.75, 3.05) is 6.26 Å². The molecule has 0 bridgehead atoms. The molecule has 3 rings (SSSR count). The number of rotatable bonds is 6. The predicted molar refractivity (Wildman–Crippen MR) is 108 cm³/mol. The molecule has 1 heterocycles. The van der Waals surface area contributed by atoms with Crippen LogP contribution in [-0.4, -0.2) is 30.4 Å². The molecule has 1 N–H and O–H groups in total. The van der Waals surface area contributed by atoms with Gasteiger partial charge in [-0.15, -0.1) is 0 Å². The maximum atomic E-state index is 12.6.